The first-order valence-corrected chi connectivity index (χ1v) is 6.26. The average molecular weight is 250 g/mol. The van der Waals surface area contributed by atoms with Gasteiger partial charge in [-0.15, -0.1) is 0 Å². The number of aliphatic hydroxyl groups is 2. The Morgan fingerprint density at radius 2 is 1.53 bits per heavy atom. The maximum atomic E-state index is 13.0. The second-order valence-electron chi connectivity index (χ2n) is 4.66. The van der Waals surface area contributed by atoms with Crippen LogP contribution >= 0.6 is 0 Å². The van der Waals surface area contributed by atoms with Crippen LogP contribution in [0.5, 0.6) is 0 Å². The quantitative estimate of drug-likeness (QED) is 0.764. The zero-order chi connectivity index (χ0) is 12.6. The largest absolute Gasteiger partial charge is 0.396 e. The molecule has 17 heavy (non-hydrogen) atoms. The highest BCUT2D eigenvalue weighted by Gasteiger charge is 2.30. The van der Waals surface area contributed by atoms with Gasteiger partial charge in [-0.05, 0) is 18.8 Å². The van der Waals surface area contributed by atoms with Gasteiger partial charge in [0.1, 0.15) is 5.67 Å². The molecule has 2 N–H and O–H groups in total. The Bertz CT molecular complexity index is 189. The lowest BCUT2D eigenvalue weighted by atomic mass is 9.98. The van der Waals surface area contributed by atoms with E-state index < -0.39 is 5.67 Å². The molecule has 2 aliphatic rings. The summed E-state index contributed by atoms with van der Waals surface area (Å²) in [5.41, 5.74) is -1.35. The number of ether oxygens (including phenoxy) is 2. The van der Waals surface area contributed by atoms with E-state index in [-0.39, 0.29) is 6.61 Å². The first-order chi connectivity index (χ1) is 8.20. The van der Waals surface area contributed by atoms with Crippen LogP contribution in [0.25, 0.3) is 0 Å². The lowest BCUT2D eigenvalue weighted by Gasteiger charge is -2.26. The smallest absolute Gasteiger partial charge is 0.138 e. The van der Waals surface area contributed by atoms with Crippen molar-refractivity contribution in [3.05, 3.63) is 0 Å². The molecular weight excluding hydrogens is 227 g/mol. The molecule has 0 aromatic carbocycles. The summed E-state index contributed by atoms with van der Waals surface area (Å²) < 4.78 is 23.0. The molecule has 2 heterocycles. The van der Waals surface area contributed by atoms with Gasteiger partial charge in [-0.3, -0.25) is 0 Å². The van der Waals surface area contributed by atoms with E-state index in [0.29, 0.717) is 38.6 Å². The molecule has 5 heteroatoms. The molecule has 0 amide bonds. The molecule has 0 atom stereocenters. The Hall–Kier alpha value is -0.230. The van der Waals surface area contributed by atoms with Crippen molar-refractivity contribution in [1.82, 2.24) is 0 Å². The summed E-state index contributed by atoms with van der Waals surface area (Å²) in [7, 11) is 0. The molecule has 2 fully saturated rings. The van der Waals surface area contributed by atoms with E-state index in [9.17, 15) is 4.39 Å². The van der Waals surface area contributed by atoms with Crippen molar-refractivity contribution in [1.29, 1.82) is 0 Å². The standard InChI is InChI=1S/C6H11FO2.C6H12O2/c7-6(5-8)1-3-9-4-2-6;7-5-6-1-3-8-4-2-6/h8H,1-5H2;6-7H,1-5H2. The molecule has 2 saturated heterocycles. The van der Waals surface area contributed by atoms with Crippen molar-refractivity contribution >= 4 is 0 Å². The fourth-order valence-electron chi connectivity index (χ4n) is 1.82. The molecule has 0 saturated carbocycles. The summed E-state index contributed by atoms with van der Waals surface area (Å²) in [4.78, 5) is 0. The van der Waals surface area contributed by atoms with E-state index in [1.165, 1.54) is 0 Å². The third kappa shape index (κ3) is 5.77. The maximum Gasteiger partial charge on any atom is 0.138 e. The van der Waals surface area contributed by atoms with Crippen LogP contribution in [0, 0.1) is 5.92 Å². The molecule has 0 bridgehead atoms. The lowest BCUT2D eigenvalue weighted by Crippen LogP contribution is -2.35. The topological polar surface area (TPSA) is 58.9 Å². The lowest BCUT2D eigenvalue weighted by molar-refractivity contribution is -0.0380. The minimum atomic E-state index is -1.35. The normalized spacial score (nSPS) is 24.9. The van der Waals surface area contributed by atoms with Crippen LogP contribution in [0.3, 0.4) is 0 Å². The Balaban J connectivity index is 0.000000171. The van der Waals surface area contributed by atoms with E-state index >= 15 is 0 Å². The second-order valence-corrected chi connectivity index (χ2v) is 4.66. The highest BCUT2D eigenvalue weighted by atomic mass is 19.1. The number of alkyl halides is 1. The van der Waals surface area contributed by atoms with Crippen molar-refractivity contribution in [3.8, 4) is 0 Å². The fourth-order valence-corrected chi connectivity index (χ4v) is 1.82. The fraction of sp³-hybridized carbons (Fsp3) is 1.00. The van der Waals surface area contributed by atoms with Crippen molar-refractivity contribution in [3.63, 3.8) is 0 Å². The van der Waals surface area contributed by atoms with Gasteiger partial charge in [0, 0.05) is 45.9 Å². The molecule has 2 rings (SSSR count). The summed E-state index contributed by atoms with van der Waals surface area (Å²) in [5, 5.41) is 17.2. The molecule has 0 aromatic rings. The highest BCUT2D eigenvalue weighted by molar-refractivity contribution is 4.80. The van der Waals surface area contributed by atoms with E-state index in [1.54, 1.807) is 0 Å². The third-order valence-corrected chi connectivity index (χ3v) is 3.27. The molecule has 2 aliphatic heterocycles. The van der Waals surface area contributed by atoms with Crippen LogP contribution in [0.4, 0.5) is 4.39 Å². The minimum Gasteiger partial charge on any atom is -0.396 e. The van der Waals surface area contributed by atoms with Crippen molar-refractivity contribution in [2.75, 3.05) is 39.6 Å². The van der Waals surface area contributed by atoms with E-state index in [2.05, 4.69) is 0 Å². The van der Waals surface area contributed by atoms with Crippen molar-refractivity contribution in [2.24, 2.45) is 5.92 Å². The molecule has 0 unspecified atom stereocenters. The number of halogens is 1. The van der Waals surface area contributed by atoms with Gasteiger partial charge in [0.05, 0.1) is 6.61 Å². The van der Waals surface area contributed by atoms with E-state index in [0.717, 1.165) is 26.1 Å². The Kier molecular flexibility index (Phi) is 6.96. The van der Waals surface area contributed by atoms with Crippen LogP contribution in [0.2, 0.25) is 0 Å². The van der Waals surface area contributed by atoms with Gasteiger partial charge in [-0.2, -0.15) is 0 Å². The number of hydrogen-bond acceptors (Lipinski definition) is 4. The van der Waals surface area contributed by atoms with Gasteiger partial charge in [0.2, 0.25) is 0 Å². The summed E-state index contributed by atoms with van der Waals surface area (Å²) in [6.07, 6.45) is 2.75. The molecular formula is C12H23FO4. The van der Waals surface area contributed by atoms with Crippen LogP contribution < -0.4 is 0 Å². The predicted molar refractivity (Wildman–Crippen MR) is 61.6 cm³/mol. The predicted octanol–water partition coefficient (Wildman–Crippen LogP) is 0.903. The average Bonchev–Trinajstić information content (AvgIpc) is 2.41. The molecule has 0 aliphatic carbocycles. The highest BCUT2D eigenvalue weighted by Crippen LogP contribution is 2.23. The maximum absolute atomic E-state index is 13.0. The van der Waals surface area contributed by atoms with Crippen LogP contribution in [0.15, 0.2) is 0 Å². The summed E-state index contributed by atoms with van der Waals surface area (Å²) in [6.45, 7) is 2.53. The summed E-state index contributed by atoms with van der Waals surface area (Å²) >= 11 is 0. The number of rotatable bonds is 2. The van der Waals surface area contributed by atoms with Crippen LogP contribution in [0.1, 0.15) is 25.7 Å². The van der Waals surface area contributed by atoms with Gasteiger partial charge in [-0.25, -0.2) is 4.39 Å². The molecule has 0 aromatic heterocycles. The van der Waals surface area contributed by atoms with E-state index in [4.69, 9.17) is 19.7 Å². The number of hydrogen-bond donors (Lipinski definition) is 2. The van der Waals surface area contributed by atoms with Crippen molar-refractivity contribution in [2.45, 2.75) is 31.4 Å². The van der Waals surface area contributed by atoms with Gasteiger partial charge in [-0.1, -0.05) is 0 Å². The Morgan fingerprint density at radius 3 is 1.88 bits per heavy atom. The summed E-state index contributed by atoms with van der Waals surface area (Å²) in [5.74, 6) is 0.517. The Morgan fingerprint density at radius 1 is 1.00 bits per heavy atom. The number of aliphatic hydroxyl groups excluding tert-OH is 2. The molecule has 0 radical (unpaired) electrons. The minimum absolute atomic E-state index is 0.337. The second kappa shape index (κ2) is 7.97. The summed E-state index contributed by atoms with van der Waals surface area (Å²) in [6, 6.07) is 0. The van der Waals surface area contributed by atoms with E-state index in [1.807, 2.05) is 0 Å². The zero-order valence-corrected chi connectivity index (χ0v) is 10.2. The SMILES string of the molecule is OCC1(F)CCOCC1.OCC1CCOCC1. The molecule has 102 valence electrons. The zero-order valence-electron chi connectivity index (χ0n) is 10.2. The van der Waals surface area contributed by atoms with Gasteiger partial charge >= 0.3 is 0 Å². The van der Waals surface area contributed by atoms with Crippen LogP contribution in [-0.2, 0) is 9.47 Å². The first-order valence-electron chi connectivity index (χ1n) is 6.26. The molecule has 0 spiro atoms. The van der Waals surface area contributed by atoms with Gasteiger partial charge < -0.3 is 19.7 Å². The third-order valence-electron chi connectivity index (χ3n) is 3.27. The van der Waals surface area contributed by atoms with Gasteiger partial charge in [0.25, 0.3) is 0 Å². The monoisotopic (exact) mass is 250 g/mol. The van der Waals surface area contributed by atoms with Crippen LogP contribution in [-0.4, -0.2) is 55.5 Å². The van der Waals surface area contributed by atoms with Gasteiger partial charge in [0.15, 0.2) is 0 Å². The first kappa shape index (κ1) is 14.8. The molecule has 4 nitrogen and oxygen atoms in total. The van der Waals surface area contributed by atoms with Crippen molar-refractivity contribution < 1.29 is 24.1 Å². The Labute approximate surface area is 102 Å².